The van der Waals surface area contributed by atoms with Gasteiger partial charge in [-0.15, -0.1) is 0 Å². The van der Waals surface area contributed by atoms with E-state index in [1.54, 1.807) is 7.11 Å². The van der Waals surface area contributed by atoms with Gasteiger partial charge in [-0.1, -0.05) is 24.3 Å². The number of amides is 1. The fraction of sp³-hybridized carbons (Fsp3) is 0.423. The third-order valence-corrected chi connectivity index (χ3v) is 6.65. The second kappa shape index (κ2) is 9.37. The summed E-state index contributed by atoms with van der Waals surface area (Å²) in [5.41, 5.74) is 1.94. The Morgan fingerprint density at radius 1 is 1.03 bits per heavy atom. The summed E-state index contributed by atoms with van der Waals surface area (Å²) in [5.74, 6) is 2.87. The predicted octanol–water partition coefficient (Wildman–Crippen LogP) is 3.55. The molecule has 2 heterocycles. The van der Waals surface area contributed by atoms with Crippen molar-refractivity contribution in [1.82, 2.24) is 15.3 Å². The van der Waals surface area contributed by atoms with Crippen LogP contribution in [0.4, 0.5) is 11.8 Å². The van der Waals surface area contributed by atoms with Crippen LogP contribution in [-0.4, -0.2) is 55.3 Å². The van der Waals surface area contributed by atoms with Crippen molar-refractivity contribution in [3.63, 3.8) is 0 Å². The minimum atomic E-state index is -0.502. The zero-order valence-electron chi connectivity index (χ0n) is 19.9. The second-order valence-electron chi connectivity index (χ2n) is 9.24. The fourth-order valence-corrected chi connectivity index (χ4v) is 4.87. The first kappa shape index (κ1) is 22.3. The van der Waals surface area contributed by atoms with E-state index in [4.69, 9.17) is 19.4 Å². The van der Waals surface area contributed by atoms with Crippen molar-refractivity contribution in [2.45, 2.75) is 50.3 Å². The summed E-state index contributed by atoms with van der Waals surface area (Å²) in [4.78, 5) is 24.4. The molecule has 1 amide bonds. The Labute approximate surface area is 199 Å². The molecule has 1 aliphatic heterocycles. The molecule has 1 atom stereocenters. The summed E-state index contributed by atoms with van der Waals surface area (Å²) in [7, 11) is 5.60. The maximum Gasteiger partial charge on any atom is 0.261 e. The summed E-state index contributed by atoms with van der Waals surface area (Å²) in [6.45, 7) is 0. The number of anilines is 2. The first-order valence-electron chi connectivity index (χ1n) is 11.9. The van der Waals surface area contributed by atoms with Gasteiger partial charge in [0.2, 0.25) is 5.95 Å². The fourth-order valence-electron chi connectivity index (χ4n) is 4.87. The minimum Gasteiger partial charge on any atom is -0.493 e. The molecule has 2 aliphatic rings. The highest BCUT2D eigenvalue weighted by molar-refractivity contribution is 5.90. The highest BCUT2D eigenvalue weighted by atomic mass is 16.5. The van der Waals surface area contributed by atoms with Gasteiger partial charge in [0, 0.05) is 43.5 Å². The Morgan fingerprint density at radius 3 is 2.56 bits per heavy atom. The van der Waals surface area contributed by atoms with Crippen LogP contribution in [-0.2, 0) is 11.2 Å². The van der Waals surface area contributed by atoms with Gasteiger partial charge < -0.3 is 25.0 Å². The van der Waals surface area contributed by atoms with Crippen molar-refractivity contribution in [3.8, 4) is 11.5 Å². The minimum absolute atomic E-state index is 0.0526. The molecule has 34 heavy (non-hydrogen) atoms. The normalized spacial score (nSPS) is 21.4. The van der Waals surface area contributed by atoms with Crippen LogP contribution in [0.2, 0.25) is 0 Å². The van der Waals surface area contributed by atoms with E-state index in [1.165, 1.54) is 0 Å². The number of hydrogen-bond donors (Lipinski definition) is 2. The highest BCUT2D eigenvalue weighted by Gasteiger charge is 2.33. The molecule has 1 fully saturated rings. The average molecular weight is 462 g/mol. The Kier molecular flexibility index (Phi) is 6.13. The molecule has 2 N–H and O–H groups in total. The first-order chi connectivity index (χ1) is 16.5. The standard InChI is InChI=1S/C26H31N5O3/c1-31(2)24-19-8-4-5-9-20(19)29-26(30-24)28-18-13-11-17(12-14-18)27-25(32)22-15-16-7-6-10-21(33-3)23(16)34-22/h4-10,17-18,22H,11-15H2,1-3H3,(H,27,32)(H,28,29,30). The number of rotatable bonds is 6. The van der Waals surface area contributed by atoms with Gasteiger partial charge in [0.1, 0.15) is 5.82 Å². The summed E-state index contributed by atoms with van der Waals surface area (Å²) in [6.07, 6.45) is 3.76. The monoisotopic (exact) mass is 461 g/mol. The van der Waals surface area contributed by atoms with E-state index in [9.17, 15) is 4.79 Å². The van der Waals surface area contributed by atoms with Gasteiger partial charge in [0.15, 0.2) is 17.6 Å². The van der Waals surface area contributed by atoms with Gasteiger partial charge in [-0.3, -0.25) is 4.79 Å². The zero-order chi connectivity index (χ0) is 23.7. The van der Waals surface area contributed by atoms with E-state index in [2.05, 4.69) is 10.6 Å². The SMILES string of the molecule is COc1cccc2c1OC(C(=O)NC1CCC(Nc3nc(N(C)C)c4ccccc4n3)CC1)C2. The molecule has 8 heteroatoms. The number of nitrogens with zero attached hydrogens (tertiary/aromatic N) is 3. The molecule has 3 aromatic rings. The number of ether oxygens (including phenoxy) is 2. The molecule has 0 bridgehead atoms. The maximum absolute atomic E-state index is 12.9. The molecule has 1 aromatic heterocycles. The molecule has 1 aliphatic carbocycles. The van der Waals surface area contributed by atoms with Gasteiger partial charge in [-0.2, -0.15) is 4.98 Å². The van der Waals surface area contributed by atoms with Gasteiger partial charge in [0.25, 0.3) is 5.91 Å². The average Bonchev–Trinajstić information content (AvgIpc) is 3.29. The molecular weight excluding hydrogens is 430 g/mol. The number of nitrogens with one attached hydrogen (secondary N) is 2. The van der Waals surface area contributed by atoms with E-state index in [-0.39, 0.29) is 18.0 Å². The maximum atomic E-state index is 12.9. The Balaban J connectivity index is 1.16. The van der Waals surface area contributed by atoms with Crippen molar-refractivity contribution in [3.05, 3.63) is 48.0 Å². The predicted molar refractivity (Wildman–Crippen MR) is 133 cm³/mol. The van der Waals surface area contributed by atoms with Crippen molar-refractivity contribution < 1.29 is 14.3 Å². The Hall–Kier alpha value is -3.55. The van der Waals surface area contributed by atoms with Crippen LogP contribution in [0.3, 0.4) is 0 Å². The summed E-state index contributed by atoms with van der Waals surface area (Å²) in [5, 5.41) is 7.76. The van der Waals surface area contributed by atoms with Crippen LogP contribution in [0.25, 0.3) is 10.9 Å². The molecule has 2 aromatic carbocycles. The number of para-hydroxylation sites is 2. The number of carbonyl (C=O) groups is 1. The summed E-state index contributed by atoms with van der Waals surface area (Å²) in [6, 6.07) is 14.3. The van der Waals surface area contributed by atoms with Crippen molar-refractivity contribution in [2.75, 3.05) is 31.4 Å². The lowest BCUT2D eigenvalue weighted by Crippen LogP contribution is -2.45. The van der Waals surface area contributed by atoms with E-state index < -0.39 is 6.10 Å². The lowest BCUT2D eigenvalue weighted by molar-refractivity contribution is -0.128. The number of methoxy groups -OCH3 is 1. The van der Waals surface area contributed by atoms with E-state index in [0.717, 1.165) is 48.0 Å². The number of carbonyl (C=O) groups excluding carboxylic acids is 1. The van der Waals surface area contributed by atoms with Crippen molar-refractivity contribution in [1.29, 1.82) is 0 Å². The van der Waals surface area contributed by atoms with Crippen LogP contribution in [0.15, 0.2) is 42.5 Å². The van der Waals surface area contributed by atoms with E-state index >= 15 is 0 Å². The zero-order valence-corrected chi connectivity index (χ0v) is 19.9. The third kappa shape index (κ3) is 4.44. The molecule has 8 nitrogen and oxygen atoms in total. The van der Waals surface area contributed by atoms with Crippen LogP contribution in [0.1, 0.15) is 31.2 Å². The van der Waals surface area contributed by atoms with Gasteiger partial charge in [0.05, 0.1) is 12.6 Å². The smallest absolute Gasteiger partial charge is 0.261 e. The lowest BCUT2D eigenvalue weighted by atomic mass is 9.91. The third-order valence-electron chi connectivity index (χ3n) is 6.65. The second-order valence-corrected chi connectivity index (χ2v) is 9.24. The quantitative estimate of drug-likeness (QED) is 0.580. The largest absolute Gasteiger partial charge is 0.493 e. The highest BCUT2D eigenvalue weighted by Crippen LogP contribution is 2.37. The van der Waals surface area contributed by atoms with Gasteiger partial charge in [-0.25, -0.2) is 4.98 Å². The van der Waals surface area contributed by atoms with Crippen LogP contribution in [0, 0.1) is 0 Å². The molecule has 1 saturated carbocycles. The number of aromatic nitrogens is 2. The summed E-state index contributed by atoms with van der Waals surface area (Å²) < 4.78 is 11.3. The molecule has 0 radical (unpaired) electrons. The topological polar surface area (TPSA) is 88.6 Å². The van der Waals surface area contributed by atoms with Gasteiger partial charge >= 0.3 is 0 Å². The number of fused-ring (bicyclic) bond motifs is 2. The van der Waals surface area contributed by atoms with E-state index in [1.807, 2.05) is 61.5 Å². The molecule has 0 saturated heterocycles. The molecule has 1 unspecified atom stereocenters. The Bertz CT molecular complexity index is 1190. The van der Waals surface area contributed by atoms with Crippen LogP contribution < -0.4 is 25.0 Å². The van der Waals surface area contributed by atoms with Crippen molar-refractivity contribution >= 4 is 28.6 Å². The first-order valence-corrected chi connectivity index (χ1v) is 11.9. The van der Waals surface area contributed by atoms with Crippen LogP contribution in [0.5, 0.6) is 11.5 Å². The van der Waals surface area contributed by atoms with Crippen molar-refractivity contribution in [2.24, 2.45) is 0 Å². The number of benzene rings is 2. The molecule has 178 valence electrons. The van der Waals surface area contributed by atoms with Gasteiger partial charge in [-0.05, 0) is 43.9 Å². The molecule has 0 spiro atoms. The molecular formula is C26H31N5O3. The molecule has 5 rings (SSSR count). The van der Waals surface area contributed by atoms with Crippen LogP contribution >= 0.6 is 0 Å². The summed E-state index contributed by atoms with van der Waals surface area (Å²) >= 11 is 0. The van der Waals surface area contributed by atoms with E-state index in [0.29, 0.717) is 23.9 Å². The Morgan fingerprint density at radius 2 is 1.79 bits per heavy atom. The number of hydrogen-bond acceptors (Lipinski definition) is 7. The lowest BCUT2D eigenvalue weighted by Gasteiger charge is -2.30.